The van der Waals surface area contributed by atoms with Gasteiger partial charge in [-0.3, -0.25) is 4.79 Å². The molecule has 13 heavy (non-hydrogen) atoms. The van der Waals surface area contributed by atoms with E-state index in [1.165, 1.54) is 0 Å². The topological polar surface area (TPSA) is 17.1 Å². The minimum absolute atomic E-state index is 0.195. The van der Waals surface area contributed by atoms with E-state index < -0.39 is 0 Å². The van der Waals surface area contributed by atoms with E-state index in [9.17, 15) is 4.79 Å². The van der Waals surface area contributed by atoms with Crippen LogP contribution < -0.4 is 0 Å². The van der Waals surface area contributed by atoms with Crippen LogP contribution in [0.25, 0.3) is 0 Å². The number of ketones is 1. The van der Waals surface area contributed by atoms with Crippen LogP contribution in [0.15, 0.2) is 0 Å². The molecule has 0 spiro atoms. The molecule has 0 unspecified atom stereocenters. The highest BCUT2D eigenvalue weighted by atomic mass is 16.1. The lowest BCUT2D eigenvalue weighted by Gasteiger charge is -2.30. The van der Waals surface area contributed by atoms with Crippen molar-refractivity contribution in [1.29, 1.82) is 0 Å². The van der Waals surface area contributed by atoms with Crippen LogP contribution in [0.4, 0.5) is 0 Å². The largest absolute Gasteiger partial charge is 0.299 e. The normalized spacial score (nSPS) is 13.1. The Morgan fingerprint density at radius 2 is 1.23 bits per heavy atom. The van der Waals surface area contributed by atoms with E-state index >= 15 is 0 Å². The Balaban J connectivity index is 4.68. The van der Waals surface area contributed by atoms with E-state index in [2.05, 4.69) is 27.7 Å². The molecule has 0 saturated heterocycles. The average molecular weight is 184 g/mol. The molecule has 0 aliphatic rings. The Morgan fingerprint density at radius 3 is 1.31 bits per heavy atom. The van der Waals surface area contributed by atoms with Crippen molar-refractivity contribution in [1.82, 2.24) is 0 Å². The summed E-state index contributed by atoms with van der Waals surface area (Å²) in [5, 5.41) is 0. The lowest BCUT2D eigenvalue weighted by molar-refractivity contribution is -0.133. The number of rotatable bonds is 3. The maximum Gasteiger partial charge on any atom is 0.141 e. The minimum Gasteiger partial charge on any atom is -0.299 e. The third-order valence-electron chi connectivity index (χ3n) is 2.48. The van der Waals surface area contributed by atoms with E-state index in [0.29, 0.717) is 17.6 Å². The molecule has 78 valence electrons. The summed E-state index contributed by atoms with van der Waals surface area (Å²) in [6.45, 7) is 14.6. The second kappa shape index (κ2) is 4.26. The van der Waals surface area contributed by atoms with Crippen LogP contribution >= 0.6 is 0 Å². The maximum atomic E-state index is 12.0. The zero-order valence-electron chi connectivity index (χ0n) is 10.1. The first-order valence-corrected chi connectivity index (χ1v) is 5.22. The summed E-state index contributed by atoms with van der Waals surface area (Å²) in [7, 11) is 0. The van der Waals surface area contributed by atoms with Gasteiger partial charge < -0.3 is 0 Å². The van der Waals surface area contributed by atoms with Crippen molar-refractivity contribution in [3.05, 3.63) is 0 Å². The fourth-order valence-corrected chi connectivity index (χ4v) is 1.88. The smallest absolute Gasteiger partial charge is 0.141 e. The van der Waals surface area contributed by atoms with Gasteiger partial charge in [-0.25, -0.2) is 0 Å². The van der Waals surface area contributed by atoms with Gasteiger partial charge in [-0.2, -0.15) is 0 Å². The van der Waals surface area contributed by atoms with Crippen molar-refractivity contribution in [3.63, 3.8) is 0 Å². The Morgan fingerprint density at radius 1 is 0.923 bits per heavy atom. The lowest BCUT2D eigenvalue weighted by Crippen LogP contribution is -2.34. The van der Waals surface area contributed by atoms with Crippen molar-refractivity contribution < 1.29 is 4.79 Å². The Bertz CT molecular complexity index is 164. The molecule has 0 aliphatic heterocycles. The predicted octanol–water partition coefficient (Wildman–Crippen LogP) is 3.53. The highest BCUT2D eigenvalue weighted by molar-refractivity contribution is 5.86. The summed E-state index contributed by atoms with van der Waals surface area (Å²) in [5.41, 5.74) is -0.195. The summed E-state index contributed by atoms with van der Waals surface area (Å²) in [5.74, 6) is 1.51. The molecule has 0 saturated carbocycles. The Hall–Kier alpha value is -0.330. The zero-order chi connectivity index (χ0) is 10.8. The van der Waals surface area contributed by atoms with E-state index in [-0.39, 0.29) is 11.3 Å². The Kier molecular flexibility index (Phi) is 4.15. The molecular weight excluding hydrogens is 160 g/mol. The number of Topliss-reactive ketones (excluding diaryl/α,β-unsaturated/α-hetero) is 1. The molecule has 0 aliphatic carbocycles. The number of carbonyl (C=O) groups excluding carboxylic acids is 1. The molecule has 0 aromatic carbocycles. The van der Waals surface area contributed by atoms with Gasteiger partial charge in [-0.1, -0.05) is 48.5 Å². The number of carbonyl (C=O) groups is 1. The molecule has 0 bridgehead atoms. The number of hydrogen-bond donors (Lipinski definition) is 0. The monoisotopic (exact) mass is 184 g/mol. The van der Waals surface area contributed by atoms with Gasteiger partial charge in [0.05, 0.1) is 0 Å². The molecule has 0 atom stereocenters. The van der Waals surface area contributed by atoms with Gasteiger partial charge in [-0.05, 0) is 11.8 Å². The molecule has 0 amide bonds. The molecule has 0 heterocycles. The van der Waals surface area contributed by atoms with Crippen molar-refractivity contribution in [2.75, 3.05) is 0 Å². The summed E-state index contributed by atoms with van der Waals surface area (Å²) in [6, 6.07) is 0. The first kappa shape index (κ1) is 12.7. The van der Waals surface area contributed by atoms with Gasteiger partial charge in [0, 0.05) is 11.3 Å². The molecule has 1 heteroatoms. The van der Waals surface area contributed by atoms with Crippen molar-refractivity contribution in [3.8, 4) is 0 Å². The molecule has 1 nitrogen and oxygen atoms in total. The number of hydrogen-bond acceptors (Lipinski definition) is 1. The quantitative estimate of drug-likeness (QED) is 0.655. The SMILES string of the molecule is CC(C)C(C(=O)C(C)(C)C)C(C)C. The van der Waals surface area contributed by atoms with Crippen LogP contribution in [0, 0.1) is 23.2 Å². The van der Waals surface area contributed by atoms with Crippen molar-refractivity contribution in [2.24, 2.45) is 23.2 Å². The van der Waals surface area contributed by atoms with Crippen molar-refractivity contribution >= 4 is 5.78 Å². The molecule has 0 N–H and O–H groups in total. The van der Waals surface area contributed by atoms with Crippen LogP contribution in [0.3, 0.4) is 0 Å². The van der Waals surface area contributed by atoms with E-state index in [1.54, 1.807) is 0 Å². The van der Waals surface area contributed by atoms with Crippen LogP contribution in [-0.2, 0) is 4.79 Å². The Labute approximate surface area is 82.9 Å². The van der Waals surface area contributed by atoms with Gasteiger partial charge in [0.1, 0.15) is 5.78 Å². The molecule has 0 aromatic rings. The van der Waals surface area contributed by atoms with Crippen LogP contribution in [0.5, 0.6) is 0 Å². The third kappa shape index (κ3) is 3.50. The minimum atomic E-state index is -0.195. The van der Waals surface area contributed by atoms with E-state index in [4.69, 9.17) is 0 Å². The second-order valence-electron chi connectivity index (χ2n) is 5.63. The van der Waals surface area contributed by atoms with Crippen LogP contribution in [-0.4, -0.2) is 5.78 Å². The van der Waals surface area contributed by atoms with E-state index in [1.807, 2.05) is 20.8 Å². The second-order valence-corrected chi connectivity index (χ2v) is 5.63. The zero-order valence-corrected chi connectivity index (χ0v) is 10.1. The van der Waals surface area contributed by atoms with Crippen molar-refractivity contribution in [2.45, 2.75) is 48.5 Å². The first-order valence-electron chi connectivity index (χ1n) is 5.22. The molecule has 0 radical (unpaired) electrons. The summed E-state index contributed by atoms with van der Waals surface area (Å²) < 4.78 is 0. The molecule has 0 aromatic heterocycles. The molecular formula is C12H24O. The van der Waals surface area contributed by atoms with Gasteiger partial charge in [0.2, 0.25) is 0 Å². The van der Waals surface area contributed by atoms with E-state index in [0.717, 1.165) is 0 Å². The van der Waals surface area contributed by atoms with Gasteiger partial charge in [0.15, 0.2) is 0 Å². The summed E-state index contributed by atoms with van der Waals surface area (Å²) >= 11 is 0. The third-order valence-corrected chi connectivity index (χ3v) is 2.48. The highest BCUT2D eigenvalue weighted by Gasteiger charge is 2.33. The standard InChI is InChI=1S/C12H24O/c1-8(2)10(9(3)4)11(13)12(5,6)7/h8-10H,1-7H3. The van der Waals surface area contributed by atoms with Gasteiger partial charge in [0.25, 0.3) is 0 Å². The summed E-state index contributed by atoms with van der Waals surface area (Å²) in [4.78, 5) is 12.0. The fraction of sp³-hybridized carbons (Fsp3) is 0.917. The maximum absolute atomic E-state index is 12.0. The average Bonchev–Trinajstić information content (AvgIpc) is 1.82. The van der Waals surface area contributed by atoms with Gasteiger partial charge >= 0.3 is 0 Å². The molecule has 0 fully saturated rings. The van der Waals surface area contributed by atoms with Crippen LogP contribution in [0.2, 0.25) is 0 Å². The highest BCUT2D eigenvalue weighted by Crippen LogP contribution is 2.29. The summed E-state index contributed by atoms with van der Waals surface area (Å²) in [6.07, 6.45) is 0. The van der Waals surface area contributed by atoms with Crippen LogP contribution in [0.1, 0.15) is 48.5 Å². The fourth-order valence-electron chi connectivity index (χ4n) is 1.88. The molecule has 0 rings (SSSR count). The lowest BCUT2D eigenvalue weighted by atomic mass is 9.73. The van der Waals surface area contributed by atoms with Gasteiger partial charge in [-0.15, -0.1) is 0 Å². The predicted molar refractivity (Wildman–Crippen MR) is 57.6 cm³/mol. The first-order chi connectivity index (χ1) is 5.68.